The van der Waals surface area contributed by atoms with Crippen LogP contribution in [0.1, 0.15) is 18.9 Å². The Labute approximate surface area is 114 Å². The average Bonchev–Trinajstić information content (AvgIpc) is 2.42. The van der Waals surface area contributed by atoms with E-state index in [1.165, 1.54) is 0 Å². The first-order chi connectivity index (χ1) is 9.27. The minimum absolute atomic E-state index is 0.175. The molecule has 0 fully saturated rings. The third kappa shape index (κ3) is 6.06. The summed E-state index contributed by atoms with van der Waals surface area (Å²) in [6.07, 6.45) is 2.09. The van der Waals surface area contributed by atoms with Crippen molar-refractivity contribution in [2.75, 3.05) is 19.8 Å². The molecule has 1 rings (SSSR count). The van der Waals surface area contributed by atoms with Gasteiger partial charge < -0.3 is 14.8 Å². The summed E-state index contributed by atoms with van der Waals surface area (Å²) < 4.78 is 10.4. The molecule has 4 heteroatoms. The van der Waals surface area contributed by atoms with Crippen LogP contribution in [-0.4, -0.2) is 25.7 Å². The van der Waals surface area contributed by atoms with Crippen molar-refractivity contribution < 1.29 is 14.3 Å². The van der Waals surface area contributed by atoms with Crippen molar-refractivity contribution in [1.29, 1.82) is 0 Å². The molecule has 0 aliphatic carbocycles. The van der Waals surface area contributed by atoms with Crippen LogP contribution in [0.2, 0.25) is 0 Å². The summed E-state index contributed by atoms with van der Waals surface area (Å²) in [6.45, 7) is 7.59. The predicted octanol–water partition coefficient (Wildman–Crippen LogP) is 2.29. The molecule has 0 aliphatic heterocycles. The van der Waals surface area contributed by atoms with Crippen LogP contribution in [0.3, 0.4) is 0 Å². The first-order valence-electron chi connectivity index (χ1n) is 6.45. The Morgan fingerprint density at radius 1 is 1.42 bits per heavy atom. The number of hydrogen-bond donors (Lipinski definition) is 1. The second-order valence-corrected chi connectivity index (χ2v) is 3.94. The Morgan fingerprint density at radius 2 is 2.21 bits per heavy atom. The maximum Gasteiger partial charge on any atom is 0.307 e. The molecule has 0 aromatic heterocycles. The number of para-hydroxylation sites is 1. The Hall–Kier alpha value is -1.81. The van der Waals surface area contributed by atoms with Crippen LogP contribution in [0.4, 0.5) is 0 Å². The van der Waals surface area contributed by atoms with E-state index < -0.39 is 0 Å². The van der Waals surface area contributed by atoms with Gasteiger partial charge in [-0.05, 0) is 13.0 Å². The molecule has 0 aliphatic rings. The molecule has 0 saturated heterocycles. The van der Waals surface area contributed by atoms with Gasteiger partial charge in [-0.15, -0.1) is 0 Å². The van der Waals surface area contributed by atoms with Gasteiger partial charge in [-0.1, -0.05) is 30.9 Å². The van der Waals surface area contributed by atoms with Gasteiger partial charge in [0.05, 0.1) is 13.0 Å². The molecular weight excluding hydrogens is 242 g/mol. The largest absolute Gasteiger partial charge is 0.489 e. The minimum atomic E-state index is -0.175. The van der Waals surface area contributed by atoms with Crippen LogP contribution in [0.25, 0.3) is 0 Å². The van der Waals surface area contributed by atoms with Crippen LogP contribution in [0, 0.1) is 0 Å². The lowest BCUT2D eigenvalue weighted by atomic mass is 10.2. The Kier molecular flexibility index (Phi) is 7.35. The fourth-order valence-electron chi connectivity index (χ4n) is 1.59. The lowest BCUT2D eigenvalue weighted by Crippen LogP contribution is -2.19. The SMILES string of the molecule is C=CCOc1ccccc1CNCCC(=O)OCC. The molecule has 19 heavy (non-hydrogen) atoms. The minimum Gasteiger partial charge on any atom is -0.489 e. The van der Waals surface area contributed by atoms with Crippen molar-refractivity contribution in [3.05, 3.63) is 42.5 Å². The van der Waals surface area contributed by atoms with Crippen LogP contribution in [0.5, 0.6) is 5.75 Å². The number of esters is 1. The maximum absolute atomic E-state index is 11.2. The number of nitrogens with one attached hydrogen (secondary N) is 1. The van der Waals surface area contributed by atoms with Gasteiger partial charge in [-0.3, -0.25) is 4.79 Å². The van der Waals surface area contributed by atoms with Gasteiger partial charge in [0.2, 0.25) is 0 Å². The van der Waals surface area contributed by atoms with E-state index in [2.05, 4.69) is 11.9 Å². The van der Waals surface area contributed by atoms with E-state index in [1.807, 2.05) is 24.3 Å². The van der Waals surface area contributed by atoms with E-state index in [4.69, 9.17) is 9.47 Å². The number of carbonyl (C=O) groups excluding carboxylic acids is 1. The molecule has 0 unspecified atom stereocenters. The lowest BCUT2D eigenvalue weighted by Gasteiger charge is -2.10. The summed E-state index contributed by atoms with van der Waals surface area (Å²) in [5.74, 6) is 0.664. The monoisotopic (exact) mass is 263 g/mol. The highest BCUT2D eigenvalue weighted by Crippen LogP contribution is 2.17. The molecule has 1 N–H and O–H groups in total. The summed E-state index contributed by atoms with van der Waals surface area (Å²) in [5, 5.41) is 3.20. The zero-order valence-corrected chi connectivity index (χ0v) is 11.4. The molecule has 0 bridgehead atoms. The fourth-order valence-corrected chi connectivity index (χ4v) is 1.59. The molecule has 0 spiro atoms. The second kappa shape index (κ2) is 9.16. The molecule has 1 aromatic carbocycles. The molecule has 0 atom stereocenters. The van der Waals surface area contributed by atoms with Gasteiger partial charge in [-0.25, -0.2) is 0 Å². The maximum atomic E-state index is 11.2. The second-order valence-electron chi connectivity index (χ2n) is 3.94. The molecule has 0 heterocycles. The molecule has 0 saturated carbocycles. The zero-order chi connectivity index (χ0) is 13.9. The van der Waals surface area contributed by atoms with Gasteiger partial charge in [0.15, 0.2) is 0 Å². The third-order valence-electron chi connectivity index (χ3n) is 2.46. The van der Waals surface area contributed by atoms with E-state index in [-0.39, 0.29) is 5.97 Å². The molecular formula is C15H21NO3. The zero-order valence-electron chi connectivity index (χ0n) is 11.4. The van der Waals surface area contributed by atoms with Gasteiger partial charge >= 0.3 is 5.97 Å². The predicted molar refractivity (Wildman–Crippen MR) is 75.1 cm³/mol. The lowest BCUT2D eigenvalue weighted by molar-refractivity contribution is -0.142. The first-order valence-corrected chi connectivity index (χ1v) is 6.45. The first kappa shape index (κ1) is 15.2. The summed E-state index contributed by atoms with van der Waals surface area (Å²) in [5.41, 5.74) is 1.06. The quantitative estimate of drug-likeness (QED) is 0.422. The summed E-state index contributed by atoms with van der Waals surface area (Å²) >= 11 is 0. The van der Waals surface area contributed by atoms with Crippen molar-refractivity contribution in [3.63, 3.8) is 0 Å². The topological polar surface area (TPSA) is 47.6 Å². The van der Waals surface area contributed by atoms with E-state index in [0.717, 1.165) is 11.3 Å². The van der Waals surface area contributed by atoms with Gasteiger partial charge in [0.1, 0.15) is 12.4 Å². The smallest absolute Gasteiger partial charge is 0.307 e. The normalized spacial score (nSPS) is 9.95. The highest BCUT2D eigenvalue weighted by Gasteiger charge is 2.03. The van der Waals surface area contributed by atoms with E-state index in [1.54, 1.807) is 13.0 Å². The Balaban J connectivity index is 2.36. The molecule has 0 amide bonds. The molecule has 4 nitrogen and oxygen atoms in total. The highest BCUT2D eigenvalue weighted by atomic mass is 16.5. The van der Waals surface area contributed by atoms with Crippen LogP contribution >= 0.6 is 0 Å². The Morgan fingerprint density at radius 3 is 2.95 bits per heavy atom. The number of benzene rings is 1. The number of hydrogen-bond acceptors (Lipinski definition) is 4. The molecule has 104 valence electrons. The number of rotatable bonds is 9. The van der Waals surface area contributed by atoms with E-state index in [0.29, 0.717) is 32.7 Å². The van der Waals surface area contributed by atoms with Crippen molar-refractivity contribution in [1.82, 2.24) is 5.32 Å². The van der Waals surface area contributed by atoms with Gasteiger partial charge in [-0.2, -0.15) is 0 Å². The number of carbonyl (C=O) groups is 1. The molecule has 0 radical (unpaired) electrons. The van der Waals surface area contributed by atoms with Gasteiger partial charge in [0, 0.05) is 18.7 Å². The van der Waals surface area contributed by atoms with E-state index >= 15 is 0 Å². The van der Waals surface area contributed by atoms with Crippen LogP contribution < -0.4 is 10.1 Å². The van der Waals surface area contributed by atoms with Crippen LogP contribution in [-0.2, 0) is 16.1 Å². The third-order valence-corrected chi connectivity index (χ3v) is 2.46. The summed E-state index contributed by atoms with van der Waals surface area (Å²) in [4.78, 5) is 11.2. The fraction of sp³-hybridized carbons (Fsp3) is 0.400. The number of ether oxygens (including phenoxy) is 2. The standard InChI is InChI=1S/C15H21NO3/c1-3-11-19-14-8-6-5-7-13(14)12-16-10-9-15(17)18-4-2/h3,5-8,16H,1,4,9-12H2,2H3. The van der Waals surface area contributed by atoms with Crippen molar-refractivity contribution in [2.45, 2.75) is 19.9 Å². The Bertz CT molecular complexity index is 404. The molecule has 1 aromatic rings. The van der Waals surface area contributed by atoms with Gasteiger partial charge in [0.25, 0.3) is 0 Å². The van der Waals surface area contributed by atoms with Crippen LogP contribution in [0.15, 0.2) is 36.9 Å². The van der Waals surface area contributed by atoms with E-state index in [9.17, 15) is 4.79 Å². The highest BCUT2D eigenvalue weighted by molar-refractivity contribution is 5.69. The van der Waals surface area contributed by atoms with Crippen molar-refractivity contribution >= 4 is 5.97 Å². The average molecular weight is 263 g/mol. The summed E-state index contributed by atoms with van der Waals surface area (Å²) in [7, 11) is 0. The van der Waals surface area contributed by atoms with Crippen molar-refractivity contribution in [3.8, 4) is 5.75 Å². The summed E-state index contributed by atoms with van der Waals surface area (Å²) in [6, 6.07) is 7.81. The van der Waals surface area contributed by atoms with Crippen molar-refractivity contribution in [2.24, 2.45) is 0 Å².